The molecule has 0 spiro atoms. The summed E-state index contributed by atoms with van der Waals surface area (Å²) < 4.78 is 6.33. The van der Waals surface area contributed by atoms with E-state index in [-0.39, 0.29) is 18.4 Å². The number of benzene rings is 1. The van der Waals surface area contributed by atoms with E-state index in [0.717, 1.165) is 10.9 Å². The van der Waals surface area contributed by atoms with Crippen LogP contribution in [0.15, 0.2) is 27.1 Å². The number of nitrogens with zero attached hydrogens (tertiary/aromatic N) is 3. The highest BCUT2D eigenvalue weighted by Gasteiger charge is 2.27. The molecule has 1 atom stereocenters. The molecule has 3 rings (SSSR count). The Labute approximate surface area is 131 Å². The van der Waals surface area contributed by atoms with E-state index in [4.69, 9.17) is 4.42 Å². The Hall–Kier alpha value is -1.69. The van der Waals surface area contributed by atoms with Crippen molar-refractivity contribution >= 4 is 21.8 Å². The second-order valence-electron chi connectivity index (χ2n) is 5.38. The molecule has 1 unspecified atom stereocenters. The predicted molar refractivity (Wildman–Crippen MR) is 80.6 cm³/mol. The lowest BCUT2D eigenvalue weighted by atomic mass is 9.94. The van der Waals surface area contributed by atoms with Crippen molar-refractivity contribution in [1.82, 2.24) is 15.1 Å². The van der Waals surface area contributed by atoms with Crippen molar-refractivity contribution < 1.29 is 9.21 Å². The summed E-state index contributed by atoms with van der Waals surface area (Å²) in [6, 6.07) is 6.43. The lowest BCUT2D eigenvalue weighted by molar-refractivity contribution is -0.133. The van der Waals surface area contributed by atoms with Crippen LogP contribution < -0.4 is 0 Å². The summed E-state index contributed by atoms with van der Waals surface area (Å²) in [5.41, 5.74) is 2.50. The van der Waals surface area contributed by atoms with Gasteiger partial charge in [0.05, 0.1) is 0 Å². The number of aromatic nitrogens is 2. The number of carbonyl (C=O) groups is 1. The molecule has 2 aromatic rings. The summed E-state index contributed by atoms with van der Waals surface area (Å²) in [6.07, 6.45) is 1.03. The SMILES string of the molecule is Cc1nnc(CC(=O)N2Cc3cc(Br)ccc3CC2C)o1. The van der Waals surface area contributed by atoms with Crippen LogP contribution in [-0.4, -0.2) is 27.0 Å². The first-order chi connectivity index (χ1) is 10.0. The van der Waals surface area contributed by atoms with Crippen molar-refractivity contribution in [2.24, 2.45) is 0 Å². The molecule has 0 fully saturated rings. The molecule has 1 aliphatic rings. The van der Waals surface area contributed by atoms with Gasteiger partial charge in [-0.05, 0) is 36.6 Å². The number of halogens is 1. The van der Waals surface area contributed by atoms with Crippen molar-refractivity contribution in [3.63, 3.8) is 0 Å². The van der Waals surface area contributed by atoms with Crippen LogP contribution in [0.5, 0.6) is 0 Å². The summed E-state index contributed by atoms with van der Waals surface area (Å²) >= 11 is 3.48. The van der Waals surface area contributed by atoms with Crippen LogP contribution in [0.2, 0.25) is 0 Å². The summed E-state index contributed by atoms with van der Waals surface area (Å²) in [7, 11) is 0. The van der Waals surface area contributed by atoms with E-state index in [1.54, 1.807) is 6.92 Å². The monoisotopic (exact) mass is 349 g/mol. The molecule has 0 aliphatic carbocycles. The van der Waals surface area contributed by atoms with Gasteiger partial charge in [0.15, 0.2) is 0 Å². The molecule has 0 bridgehead atoms. The second kappa shape index (κ2) is 5.60. The van der Waals surface area contributed by atoms with Gasteiger partial charge in [0, 0.05) is 24.0 Å². The van der Waals surface area contributed by atoms with Crippen LogP contribution in [0.1, 0.15) is 29.8 Å². The van der Waals surface area contributed by atoms with Gasteiger partial charge in [0.25, 0.3) is 0 Å². The topological polar surface area (TPSA) is 59.2 Å². The highest BCUT2D eigenvalue weighted by atomic mass is 79.9. The Morgan fingerprint density at radius 1 is 1.43 bits per heavy atom. The number of hydrogen-bond acceptors (Lipinski definition) is 4. The Kier molecular flexibility index (Phi) is 3.80. The quantitative estimate of drug-likeness (QED) is 0.836. The number of hydrogen-bond donors (Lipinski definition) is 0. The minimum absolute atomic E-state index is 0.0248. The fourth-order valence-corrected chi connectivity index (χ4v) is 3.09. The van der Waals surface area contributed by atoms with Gasteiger partial charge in [0.1, 0.15) is 6.42 Å². The van der Waals surface area contributed by atoms with Crippen LogP contribution in [0.3, 0.4) is 0 Å². The maximum Gasteiger partial charge on any atom is 0.232 e. The van der Waals surface area contributed by atoms with Gasteiger partial charge < -0.3 is 9.32 Å². The Morgan fingerprint density at radius 3 is 2.95 bits per heavy atom. The van der Waals surface area contributed by atoms with Gasteiger partial charge in [-0.3, -0.25) is 4.79 Å². The van der Waals surface area contributed by atoms with E-state index in [9.17, 15) is 4.79 Å². The zero-order valence-corrected chi connectivity index (χ0v) is 13.6. The smallest absolute Gasteiger partial charge is 0.232 e. The van der Waals surface area contributed by atoms with Crippen LogP contribution >= 0.6 is 15.9 Å². The third kappa shape index (κ3) is 3.00. The average Bonchev–Trinajstić information content (AvgIpc) is 2.83. The van der Waals surface area contributed by atoms with Crippen molar-refractivity contribution in [2.75, 3.05) is 0 Å². The number of fused-ring (bicyclic) bond motifs is 1. The molecular formula is C15H16BrN3O2. The van der Waals surface area contributed by atoms with Gasteiger partial charge in [-0.25, -0.2) is 0 Å². The summed E-state index contributed by atoms with van der Waals surface area (Å²) in [6.45, 7) is 4.42. The van der Waals surface area contributed by atoms with Crippen LogP contribution in [0.4, 0.5) is 0 Å². The van der Waals surface area contributed by atoms with Gasteiger partial charge in [-0.15, -0.1) is 10.2 Å². The zero-order valence-electron chi connectivity index (χ0n) is 12.0. The number of rotatable bonds is 2. The second-order valence-corrected chi connectivity index (χ2v) is 6.30. The third-order valence-electron chi connectivity index (χ3n) is 3.75. The highest BCUT2D eigenvalue weighted by molar-refractivity contribution is 9.10. The predicted octanol–water partition coefficient (Wildman–Crippen LogP) is 2.66. The van der Waals surface area contributed by atoms with Crippen molar-refractivity contribution in [1.29, 1.82) is 0 Å². The lowest BCUT2D eigenvalue weighted by Gasteiger charge is -2.35. The van der Waals surface area contributed by atoms with E-state index in [1.165, 1.54) is 11.1 Å². The van der Waals surface area contributed by atoms with E-state index in [0.29, 0.717) is 18.3 Å². The van der Waals surface area contributed by atoms with E-state index in [1.807, 2.05) is 11.0 Å². The van der Waals surface area contributed by atoms with Crippen molar-refractivity contribution in [3.8, 4) is 0 Å². The molecule has 0 radical (unpaired) electrons. The lowest BCUT2D eigenvalue weighted by Crippen LogP contribution is -2.43. The fourth-order valence-electron chi connectivity index (χ4n) is 2.68. The first kappa shape index (κ1) is 14.3. The number of aryl methyl sites for hydroxylation is 1. The van der Waals surface area contributed by atoms with E-state index >= 15 is 0 Å². The van der Waals surface area contributed by atoms with Crippen LogP contribution in [0, 0.1) is 6.92 Å². The van der Waals surface area contributed by atoms with Gasteiger partial charge in [-0.2, -0.15) is 0 Å². The molecule has 110 valence electrons. The maximum absolute atomic E-state index is 12.5. The van der Waals surface area contributed by atoms with E-state index in [2.05, 4.69) is 45.2 Å². The molecule has 21 heavy (non-hydrogen) atoms. The molecule has 0 saturated heterocycles. The fraction of sp³-hybridized carbons (Fsp3) is 0.400. The zero-order chi connectivity index (χ0) is 15.0. The Bertz CT molecular complexity index is 683. The number of amides is 1. The van der Waals surface area contributed by atoms with Gasteiger partial charge in [0.2, 0.25) is 17.7 Å². The minimum atomic E-state index is 0.0248. The molecule has 6 heteroatoms. The summed E-state index contributed by atoms with van der Waals surface area (Å²) in [4.78, 5) is 14.4. The van der Waals surface area contributed by atoms with Crippen molar-refractivity contribution in [2.45, 2.75) is 39.3 Å². The van der Waals surface area contributed by atoms with Gasteiger partial charge in [-0.1, -0.05) is 22.0 Å². The molecule has 1 amide bonds. The van der Waals surface area contributed by atoms with Crippen LogP contribution in [0.25, 0.3) is 0 Å². The largest absolute Gasteiger partial charge is 0.425 e. The Morgan fingerprint density at radius 2 is 2.24 bits per heavy atom. The average molecular weight is 350 g/mol. The van der Waals surface area contributed by atoms with Crippen molar-refractivity contribution in [3.05, 3.63) is 45.6 Å². The molecule has 1 aromatic carbocycles. The first-order valence-corrected chi connectivity index (χ1v) is 7.68. The first-order valence-electron chi connectivity index (χ1n) is 6.88. The summed E-state index contributed by atoms with van der Waals surface area (Å²) in [5.74, 6) is 0.889. The summed E-state index contributed by atoms with van der Waals surface area (Å²) in [5, 5.41) is 7.65. The highest BCUT2D eigenvalue weighted by Crippen LogP contribution is 2.26. The number of carbonyl (C=O) groups excluding carboxylic acids is 1. The van der Waals surface area contributed by atoms with E-state index < -0.39 is 0 Å². The standard InChI is InChI=1S/C15H16BrN3O2/c1-9-5-11-3-4-13(16)6-12(11)8-19(9)15(20)7-14-18-17-10(2)21-14/h3-4,6,9H,5,7-8H2,1-2H3. The molecule has 5 nitrogen and oxygen atoms in total. The molecule has 0 saturated carbocycles. The Balaban J connectivity index is 1.77. The molecule has 1 aliphatic heterocycles. The molecule has 1 aromatic heterocycles. The third-order valence-corrected chi connectivity index (χ3v) is 4.24. The maximum atomic E-state index is 12.5. The normalized spacial score (nSPS) is 17.7. The molecular weight excluding hydrogens is 334 g/mol. The minimum Gasteiger partial charge on any atom is -0.425 e. The molecule has 2 heterocycles. The molecule has 0 N–H and O–H groups in total. The van der Waals surface area contributed by atoms with Gasteiger partial charge >= 0.3 is 0 Å². The van der Waals surface area contributed by atoms with Crippen LogP contribution in [-0.2, 0) is 24.2 Å².